The molecule has 0 bridgehead atoms. The minimum absolute atomic E-state index is 0.347. The predicted molar refractivity (Wildman–Crippen MR) is 107 cm³/mol. The van der Waals surface area contributed by atoms with Crippen molar-refractivity contribution in [1.82, 2.24) is 14.5 Å². The van der Waals surface area contributed by atoms with E-state index in [9.17, 15) is 17.2 Å². The van der Waals surface area contributed by atoms with E-state index in [1.165, 1.54) is 7.11 Å². The Morgan fingerprint density at radius 3 is 2.59 bits per heavy atom. The van der Waals surface area contributed by atoms with Crippen LogP contribution in [0.4, 0.5) is 14.5 Å². The summed E-state index contributed by atoms with van der Waals surface area (Å²) in [4.78, 5) is 2.00. The molecule has 1 fully saturated rings. The molecule has 1 aliphatic rings. The van der Waals surface area contributed by atoms with Crippen LogP contribution in [0, 0.1) is 0 Å². The van der Waals surface area contributed by atoms with Crippen molar-refractivity contribution in [2.75, 3.05) is 31.6 Å². The lowest BCUT2D eigenvalue weighted by Gasteiger charge is -2.38. The predicted octanol–water partition coefficient (Wildman–Crippen LogP) is 2.42. The molecule has 0 saturated carbocycles. The average molecular weight is 450 g/mol. The van der Waals surface area contributed by atoms with Gasteiger partial charge in [-0.25, -0.2) is 13.9 Å². The highest BCUT2D eigenvalue weighted by Gasteiger charge is 2.37. The first-order chi connectivity index (χ1) is 13.5. The van der Waals surface area contributed by atoms with Gasteiger partial charge in [0.05, 0.1) is 36.1 Å². The first-order valence-corrected chi connectivity index (χ1v) is 10.8. The van der Waals surface area contributed by atoms with E-state index in [2.05, 4.69) is 10.2 Å². The van der Waals surface area contributed by atoms with Gasteiger partial charge in [0.1, 0.15) is 5.75 Å². The summed E-state index contributed by atoms with van der Waals surface area (Å²) in [7, 11) is -2.74. The number of hydrogen-bond donors (Lipinski definition) is 1. The van der Waals surface area contributed by atoms with Gasteiger partial charge in [0.2, 0.25) is 0 Å². The van der Waals surface area contributed by atoms with Crippen LogP contribution in [0.2, 0.25) is 5.02 Å². The van der Waals surface area contributed by atoms with Crippen LogP contribution in [-0.4, -0.2) is 61.6 Å². The zero-order chi connectivity index (χ0) is 21.4. The minimum atomic E-state index is -4.25. The van der Waals surface area contributed by atoms with Crippen LogP contribution in [0.3, 0.4) is 0 Å². The van der Waals surface area contributed by atoms with Gasteiger partial charge < -0.3 is 9.64 Å². The van der Waals surface area contributed by atoms with E-state index >= 15 is 0 Å². The number of aromatic nitrogens is 2. The maximum atomic E-state index is 13.5. The van der Waals surface area contributed by atoms with Crippen molar-refractivity contribution in [2.45, 2.75) is 31.7 Å². The lowest BCUT2D eigenvalue weighted by molar-refractivity contribution is -0.00442. The van der Waals surface area contributed by atoms with Crippen LogP contribution in [0.25, 0.3) is 10.9 Å². The second-order valence-electron chi connectivity index (χ2n) is 7.11. The monoisotopic (exact) mass is 449 g/mol. The van der Waals surface area contributed by atoms with Crippen LogP contribution in [-0.2, 0) is 10.2 Å². The molecule has 12 heteroatoms. The van der Waals surface area contributed by atoms with Gasteiger partial charge in [-0.2, -0.15) is 22.9 Å². The highest BCUT2D eigenvalue weighted by Crippen LogP contribution is 2.35. The molecule has 1 aliphatic heterocycles. The number of fused-ring (bicyclic) bond motifs is 1. The second kappa shape index (κ2) is 8.13. The minimum Gasteiger partial charge on any atom is -0.495 e. The number of nitrogens with two attached hydrogens (primary N) is 1. The third-order valence-corrected chi connectivity index (χ3v) is 6.24. The summed E-state index contributed by atoms with van der Waals surface area (Å²) in [6, 6.07) is 2.82. The zero-order valence-corrected chi connectivity index (χ0v) is 17.6. The number of nitrogens with zero attached hydrogens (tertiary/aromatic N) is 4. The van der Waals surface area contributed by atoms with Gasteiger partial charge in [-0.05, 0) is 18.9 Å². The van der Waals surface area contributed by atoms with E-state index in [0.29, 0.717) is 53.4 Å². The fourth-order valence-electron chi connectivity index (χ4n) is 3.55. The first kappa shape index (κ1) is 21.9. The highest BCUT2D eigenvalue weighted by molar-refractivity contribution is 7.86. The summed E-state index contributed by atoms with van der Waals surface area (Å²) < 4.78 is 56.5. The third kappa shape index (κ3) is 5.03. The fraction of sp³-hybridized carbons (Fsp3) is 0.529. The molecule has 2 N–H and O–H groups in total. The number of methoxy groups -OCH3 is 1. The molecule has 0 aliphatic carbocycles. The molecular formula is C17H22ClF2N5O3S. The van der Waals surface area contributed by atoms with Crippen molar-refractivity contribution in [2.24, 2.45) is 5.14 Å². The van der Waals surface area contributed by atoms with E-state index in [1.807, 2.05) is 4.90 Å². The molecule has 8 nitrogen and oxygen atoms in total. The third-order valence-electron chi connectivity index (χ3n) is 4.86. The van der Waals surface area contributed by atoms with Crippen LogP contribution in [0.5, 0.6) is 5.75 Å². The maximum Gasteiger partial charge on any atom is 0.277 e. The Balaban J connectivity index is 1.83. The molecule has 1 aromatic heterocycles. The number of benzene rings is 1. The van der Waals surface area contributed by atoms with Gasteiger partial charge in [0.15, 0.2) is 0 Å². The summed E-state index contributed by atoms with van der Waals surface area (Å²) in [5, 5.41) is 14.5. The van der Waals surface area contributed by atoms with Crippen molar-refractivity contribution in [1.29, 1.82) is 0 Å². The normalized spacial score (nSPS) is 16.6. The van der Waals surface area contributed by atoms with Gasteiger partial charge >= 0.3 is 0 Å². The number of ether oxygens (including phenoxy) is 1. The molecule has 160 valence electrons. The number of halogens is 3. The number of hydrogen-bond acceptors (Lipinski definition) is 6. The summed E-state index contributed by atoms with van der Waals surface area (Å²) in [6.07, 6.45) is 2.30. The molecule has 0 atom stereocenters. The second-order valence-corrected chi connectivity index (χ2v) is 9.02. The lowest BCUT2D eigenvalue weighted by Crippen LogP contribution is -2.52. The molecule has 1 saturated heterocycles. The zero-order valence-electron chi connectivity index (χ0n) is 16.0. The Hall–Kier alpha value is -1.82. The smallest absolute Gasteiger partial charge is 0.277 e. The molecule has 2 aromatic rings. The Kier molecular flexibility index (Phi) is 6.13. The molecule has 0 amide bonds. The Morgan fingerprint density at radius 2 is 2.03 bits per heavy atom. The van der Waals surface area contributed by atoms with Crippen LogP contribution in [0.1, 0.15) is 19.8 Å². The Labute approximate surface area is 172 Å². The standard InChI is InChI=1S/C17H22ClF2N5O3S/c1-17(19,20)10-25(29(21,26)27)11-3-5-24(6-4-11)15-9-22-23-14-8-16(28-2)13(18)7-12(14)15/h7-9,11H,3-6,10H2,1-2H3,(H2,21,26,27). The molecule has 0 unspecified atom stereocenters. The Bertz CT molecular complexity index is 994. The number of piperidine rings is 1. The average Bonchev–Trinajstić information content (AvgIpc) is 2.64. The van der Waals surface area contributed by atoms with E-state index in [1.54, 1.807) is 18.3 Å². The largest absolute Gasteiger partial charge is 0.495 e. The SMILES string of the molecule is COc1cc2nncc(N3CCC(N(CC(C)(F)F)S(N)(=O)=O)CC3)c2cc1Cl. The van der Waals surface area contributed by atoms with E-state index in [-0.39, 0.29) is 0 Å². The number of anilines is 1. The molecule has 29 heavy (non-hydrogen) atoms. The maximum absolute atomic E-state index is 13.5. The van der Waals surface area contributed by atoms with Crippen LogP contribution in [0.15, 0.2) is 18.3 Å². The van der Waals surface area contributed by atoms with Gasteiger partial charge in [-0.3, -0.25) is 0 Å². The summed E-state index contributed by atoms with van der Waals surface area (Å²) in [5.74, 6) is -2.70. The van der Waals surface area contributed by atoms with Gasteiger partial charge in [0, 0.05) is 37.5 Å². The topological polar surface area (TPSA) is 102 Å². The fourth-order valence-corrected chi connectivity index (χ4v) is 4.82. The Morgan fingerprint density at radius 1 is 1.38 bits per heavy atom. The quantitative estimate of drug-likeness (QED) is 0.726. The van der Waals surface area contributed by atoms with Gasteiger partial charge in [0.25, 0.3) is 16.1 Å². The summed E-state index contributed by atoms with van der Waals surface area (Å²) in [5.41, 5.74) is 1.38. The molecule has 1 aromatic carbocycles. The van der Waals surface area contributed by atoms with Crippen molar-refractivity contribution < 1.29 is 21.9 Å². The van der Waals surface area contributed by atoms with Crippen LogP contribution < -0.4 is 14.8 Å². The first-order valence-electron chi connectivity index (χ1n) is 8.91. The lowest BCUT2D eigenvalue weighted by atomic mass is 10.0. The molecule has 0 radical (unpaired) electrons. The summed E-state index contributed by atoms with van der Waals surface area (Å²) in [6.45, 7) is 0.617. The van der Waals surface area contributed by atoms with Gasteiger partial charge in [-0.15, -0.1) is 0 Å². The highest BCUT2D eigenvalue weighted by atomic mass is 35.5. The van der Waals surface area contributed by atoms with Gasteiger partial charge in [-0.1, -0.05) is 11.6 Å². The van der Waals surface area contributed by atoms with Crippen molar-refractivity contribution in [3.8, 4) is 5.75 Å². The number of alkyl halides is 2. The summed E-state index contributed by atoms with van der Waals surface area (Å²) >= 11 is 6.24. The molecule has 3 rings (SSSR count). The van der Waals surface area contributed by atoms with Crippen molar-refractivity contribution in [3.63, 3.8) is 0 Å². The van der Waals surface area contributed by atoms with Crippen molar-refractivity contribution >= 4 is 38.4 Å². The van der Waals surface area contributed by atoms with Crippen LogP contribution >= 0.6 is 11.6 Å². The molecule has 2 heterocycles. The van der Waals surface area contributed by atoms with Crippen molar-refractivity contribution in [3.05, 3.63) is 23.4 Å². The number of rotatable bonds is 6. The molecular weight excluding hydrogens is 428 g/mol. The van der Waals surface area contributed by atoms with E-state index in [0.717, 1.165) is 11.1 Å². The van der Waals surface area contributed by atoms with E-state index < -0.39 is 28.7 Å². The van der Waals surface area contributed by atoms with E-state index in [4.69, 9.17) is 21.5 Å². The molecule has 0 spiro atoms.